The van der Waals surface area contributed by atoms with E-state index in [0.29, 0.717) is 30.6 Å². The van der Waals surface area contributed by atoms with Crippen molar-refractivity contribution in [1.82, 2.24) is 4.90 Å². The van der Waals surface area contributed by atoms with E-state index in [1.165, 1.54) is 4.90 Å². The van der Waals surface area contributed by atoms with E-state index in [2.05, 4.69) is 15.9 Å². The van der Waals surface area contributed by atoms with Gasteiger partial charge in [0.05, 0.1) is 17.1 Å². The molecule has 1 heterocycles. The van der Waals surface area contributed by atoms with Gasteiger partial charge >= 0.3 is 0 Å². The molecule has 1 amide bonds. The molecule has 1 fully saturated rings. The number of hydrogen-bond acceptors (Lipinski definition) is 5. The summed E-state index contributed by atoms with van der Waals surface area (Å²) >= 11 is 3.26. The molecule has 126 valence electrons. The molecule has 8 heteroatoms. The minimum absolute atomic E-state index is 0.00442. The smallest absolute Gasteiger partial charge is 0.260 e. The Bertz CT molecular complexity index is 704. The van der Waals surface area contributed by atoms with Crippen molar-refractivity contribution in [3.05, 3.63) is 28.2 Å². The van der Waals surface area contributed by atoms with E-state index in [4.69, 9.17) is 4.74 Å². The number of hydrogen-bond donors (Lipinski definition) is 0. The molecule has 0 saturated carbocycles. The lowest BCUT2D eigenvalue weighted by Gasteiger charge is -2.26. The first kappa shape index (κ1) is 17.9. The number of carbonyl (C=O) groups excluding carboxylic acids is 2. The number of halogens is 1. The van der Waals surface area contributed by atoms with E-state index in [0.717, 1.165) is 4.47 Å². The van der Waals surface area contributed by atoms with Gasteiger partial charge in [0, 0.05) is 17.1 Å². The van der Waals surface area contributed by atoms with Crippen LogP contribution in [0.2, 0.25) is 0 Å². The molecule has 0 bridgehead atoms. The summed E-state index contributed by atoms with van der Waals surface area (Å²) in [6.45, 7) is 2.00. The van der Waals surface area contributed by atoms with Crippen LogP contribution >= 0.6 is 15.9 Å². The fraction of sp³-hybridized carbons (Fsp3) is 0.467. The maximum absolute atomic E-state index is 12.3. The number of aldehydes is 1. The van der Waals surface area contributed by atoms with Crippen LogP contribution in [0, 0.1) is 0 Å². The summed E-state index contributed by atoms with van der Waals surface area (Å²) in [4.78, 5) is 24.9. The quantitative estimate of drug-likeness (QED) is 0.674. The van der Waals surface area contributed by atoms with Crippen LogP contribution in [0.4, 0.5) is 0 Å². The number of amides is 1. The van der Waals surface area contributed by atoms with Crippen LogP contribution in [-0.2, 0) is 14.6 Å². The molecular weight excluding hydrogens is 386 g/mol. The van der Waals surface area contributed by atoms with Crippen LogP contribution in [0.15, 0.2) is 22.7 Å². The molecule has 2 rings (SSSR count). The predicted octanol–water partition coefficient (Wildman–Crippen LogP) is 1.68. The summed E-state index contributed by atoms with van der Waals surface area (Å²) < 4.78 is 29.3. The van der Waals surface area contributed by atoms with Gasteiger partial charge in [-0.15, -0.1) is 0 Å². The third kappa shape index (κ3) is 4.54. The van der Waals surface area contributed by atoms with Gasteiger partial charge in [-0.2, -0.15) is 0 Å². The number of sulfone groups is 1. The van der Waals surface area contributed by atoms with Crippen LogP contribution < -0.4 is 4.74 Å². The van der Waals surface area contributed by atoms with Crippen LogP contribution in [0.25, 0.3) is 0 Å². The largest absolute Gasteiger partial charge is 0.483 e. The van der Waals surface area contributed by atoms with Crippen LogP contribution in [0.5, 0.6) is 5.75 Å². The predicted molar refractivity (Wildman–Crippen MR) is 89.5 cm³/mol. The highest BCUT2D eigenvalue weighted by atomic mass is 79.9. The molecule has 1 aromatic rings. The van der Waals surface area contributed by atoms with E-state index >= 15 is 0 Å². The minimum Gasteiger partial charge on any atom is -0.483 e. The van der Waals surface area contributed by atoms with Gasteiger partial charge in [0.1, 0.15) is 5.75 Å². The molecule has 0 radical (unpaired) electrons. The van der Waals surface area contributed by atoms with Gasteiger partial charge in [-0.3, -0.25) is 9.59 Å². The van der Waals surface area contributed by atoms with E-state index in [1.54, 1.807) is 25.1 Å². The van der Waals surface area contributed by atoms with Gasteiger partial charge < -0.3 is 9.64 Å². The highest BCUT2D eigenvalue weighted by Gasteiger charge is 2.33. The van der Waals surface area contributed by atoms with Gasteiger partial charge in [-0.1, -0.05) is 15.9 Å². The molecule has 1 atom stereocenters. The number of nitrogens with zero attached hydrogens (tertiary/aromatic N) is 1. The van der Waals surface area contributed by atoms with E-state index < -0.39 is 9.84 Å². The van der Waals surface area contributed by atoms with E-state index in [-0.39, 0.29) is 30.1 Å². The van der Waals surface area contributed by atoms with Crippen molar-refractivity contribution in [1.29, 1.82) is 0 Å². The summed E-state index contributed by atoms with van der Waals surface area (Å²) in [6, 6.07) is 4.64. The molecule has 0 unspecified atom stereocenters. The number of ether oxygens (including phenoxy) is 1. The van der Waals surface area contributed by atoms with Gasteiger partial charge in [0.25, 0.3) is 5.91 Å². The Balaban J connectivity index is 2.02. The number of likely N-dealkylation sites (N-methyl/N-ethyl adjacent to an activating group) is 1. The Kier molecular flexibility index (Phi) is 5.80. The van der Waals surface area contributed by atoms with E-state index in [1.807, 2.05) is 0 Å². The third-order valence-electron chi connectivity index (χ3n) is 3.76. The van der Waals surface area contributed by atoms with Crippen molar-refractivity contribution < 1.29 is 22.7 Å². The zero-order valence-corrected chi connectivity index (χ0v) is 15.1. The summed E-state index contributed by atoms with van der Waals surface area (Å²) in [5.41, 5.74) is 0.346. The highest BCUT2D eigenvalue weighted by molar-refractivity contribution is 9.10. The molecule has 0 aromatic heterocycles. The Morgan fingerprint density at radius 2 is 2.22 bits per heavy atom. The second kappa shape index (κ2) is 7.44. The van der Waals surface area contributed by atoms with Crippen LogP contribution in [0.1, 0.15) is 23.7 Å². The molecule has 1 aliphatic rings. The Morgan fingerprint density at radius 3 is 2.78 bits per heavy atom. The average molecular weight is 404 g/mol. The molecule has 1 aromatic carbocycles. The first-order valence-electron chi connectivity index (χ1n) is 7.23. The van der Waals surface area contributed by atoms with Crippen molar-refractivity contribution in [2.45, 2.75) is 19.4 Å². The van der Waals surface area contributed by atoms with Gasteiger partial charge in [-0.25, -0.2) is 8.42 Å². The van der Waals surface area contributed by atoms with Gasteiger partial charge in [0.2, 0.25) is 0 Å². The number of rotatable bonds is 6. The molecular formula is C15H18BrNO5S. The molecule has 6 nitrogen and oxygen atoms in total. The first-order chi connectivity index (χ1) is 10.9. The molecule has 23 heavy (non-hydrogen) atoms. The van der Waals surface area contributed by atoms with Gasteiger partial charge in [-0.05, 0) is 31.5 Å². The summed E-state index contributed by atoms with van der Waals surface area (Å²) in [6.07, 6.45) is 1.12. The number of carbonyl (C=O) groups is 2. The molecule has 0 aliphatic carbocycles. The molecule has 0 spiro atoms. The fourth-order valence-corrected chi connectivity index (χ4v) is 4.73. The normalized spacial score (nSPS) is 19.3. The Hall–Kier alpha value is -1.41. The van der Waals surface area contributed by atoms with Crippen molar-refractivity contribution in [2.24, 2.45) is 0 Å². The lowest BCUT2D eigenvalue weighted by Crippen LogP contribution is -2.43. The summed E-state index contributed by atoms with van der Waals surface area (Å²) in [5.74, 6) is 0.162. The third-order valence-corrected chi connectivity index (χ3v) is 6.00. The lowest BCUT2D eigenvalue weighted by molar-refractivity contribution is -0.135. The Labute approximate surface area is 143 Å². The maximum atomic E-state index is 12.3. The second-order valence-electron chi connectivity index (χ2n) is 5.33. The topological polar surface area (TPSA) is 80.8 Å². The van der Waals surface area contributed by atoms with Gasteiger partial charge in [0.15, 0.2) is 22.7 Å². The molecule has 1 saturated heterocycles. The van der Waals surface area contributed by atoms with Crippen LogP contribution in [0.3, 0.4) is 0 Å². The van der Waals surface area contributed by atoms with Crippen molar-refractivity contribution in [2.75, 3.05) is 24.7 Å². The SMILES string of the molecule is CCN(C(=O)COc1ccc(Br)cc1C=O)[C@@H]1CCS(=O)(=O)C1. The zero-order valence-electron chi connectivity index (χ0n) is 12.7. The second-order valence-corrected chi connectivity index (χ2v) is 8.47. The van der Waals surface area contributed by atoms with Crippen molar-refractivity contribution in [3.63, 3.8) is 0 Å². The standard InChI is InChI=1S/C15H18BrNO5S/c1-2-17(13-5-6-23(20,21)10-13)15(19)9-22-14-4-3-12(16)7-11(14)8-18/h3-4,7-8,13H,2,5-6,9-10H2,1H3/t13-/m1/s1. The van der Waals surface area contributed by atoms with E-state index in [9.17, 15) is 18.0 Å². The highest BCUT2D eigenvalue weighted by Crippen LogP contribution is 2.22. The van der Waals surface area contributed by atoms with Crippen molar-refractivity contribution in [3.8, 4) is 5.75 Å². The molecule has 1 aliphatic heterocycles. The Morgan fingerprint density at radius 1 is 1.48 bits per heavy atom. The maximum Gasteiger partial charge on any atom is 0.260 e. The minimum atomic E-state index is -3.05. The number of benzene rings is 1. The fourth-order valence-electron chi connectivity index (χ4n) is 2.62. The molecule has 0 N–H and O–H groups in total. The zero-order chi connectivity index (χ0) is 17.0. The van der Waals surface area contributed by atoms with Crippen molar-refractivity contribution >= 4 is 38.0 Å². The first-order valence-corrected chi connectivity index (χ1v) is 9.85. The lowest BCUT2D eigenvalue weighted by atomic mass is 10.2. The summed E-state index contributed by atoms with van der Waals surface area (Å²) in [7, 11) is -3.05. The average Bonchev–Trinajstić information content (AvgIpc) is 2.86. The monoisotopic (exact) mass is 403 g/mol. The van der Waals surface area contributed by atoms with Crippen LogP contribution in [-0.4, -0.2) is 56.2 Å². The summed E-state index contributed by atoms with van der Waals surface area (Å²) in [5, 5.41) is 0.